The molecule has 0 bridgehead atoms. The Hall–Kier alpha value is -2.09. The zero-order valence-corrected chi connectivity index (χ0v) is 17.4. The van der Waals surface area contributed by atoms with Gasteiger partial charge in [-0.1, -0.05) is 24.1 Å². The van der Waals surface area contributed by atoms with Gasteiger partial charge in [0.05, 0.1) is 4.90 Å². The lowest BCUT2D eigenvalue weighted by Crippen LogP contribution is -2.39. The maximum Gasteiger partial charge on any atom is 0.261 e. The first-order valence-corrected chi connectivity index (χ1v) is 10.6. The van der Waals surface area contributed by atoms with E-state index in [9.17, 15) is 13.2 Å². The monoisotopic (exact) mass is 423 g/mol. The molecule has 152 valence electrons. The third-order valence-corrected chi connectivity index (χ3v) is 6.41. The third-order valence-electron chi connectivity index (χ3n) is 5.01. The number of rotatable bonds is 6. The standard InChI is InChI=1S/C20H25N3O3S.ClH/c1-14-5-9-17(10-6-14)23-27(25,26)18-11-7-15(8-12-18)20(24)22-19-4-2-3-16(19)13-21;/h5-12,16,19,23H,2-4,13,21H2,1H3,(H,22,24);1H. The van der Waals surface area contributed by atoms with Crippen molar-refractivity contribution in [2.45, 2.75) is 37.1 Å². The lowest BCUT2D eigenvalue weighted by Gasteiger charge is -2.19. The topological polar surface area (TPSA) is 101 Å². The first-order valence-electron chi connectivity index (χ1n) is 9.09. The molecule has 1 aliphatic carbocycles. The van der Waals surface area contributed by atoms with Gasteiger partial charge in [0.2, 0.25) is 0 Å². The van der Waals surface area contributed by atoms with Crippen molar-refractivity contribution in [3.05, 3.63) is 59.7 Å². The Kier molecular flexibility index (Phi) is 7.46. The highest BCUT2D eigenvalue weighted by Crippen LogP contribution is 2.25. The van der Waals surface area contributed by atoms with Crippen LogP contribution >= 0.6 is 12.4 Å². The van der Waals surface area contributed by atoms with E-state index in [-0.39, 0.29) is 29.3 Å². The third kappa shape index (κ3) is 5.25. The number of halogens is 1. The predicted octanol–water partition coefficient (Wildman–Crippen LogP) is 3.07. The minimum absolute atomic E-state index is 0. The van der Waals surface area contributed by atoms with Crippen molar-refractivity contribution in [3.63, 3.8) is 0 Å². The van der Waals surface area contributed by atoms with Crippen molar-refractivity contribution in [2.24, 2.45) is 11.7 Å². The van der Waals surface area contributed by atoms with Crippen molar-refractivity contribution >= 4 is 34.0 Å². The highest BCUT2D eigenvalue weighted by atomic mass is 35.5. The van der Waals surface area contributed by atoms with E-state index < -0.39 is 10.0 Å². The van der Waals surface area contributed by atoms with Crippen LogP contribution in [-0.4, -0.2) is 26.9 Å². The Bertz CT molecular complexity index is 899. The van der Waals surface area contributed by atoms with Gasteiger partial charge in [-0.25, -0.2) is 8.42 Å². The number of benzene rings is 2. The van der Waals surface area contributed by atoms with Crippen molar-refractivity contribution in [2.75, 3.05) is 11.3 Å². The van der Waals surface area contributed by atoms with Crippen LogP contribution in [0.15, 0.2) is 53.4 Å². The van der Waals surface area contributed by atoms with Crippen LogP contribution in [0.25, 0.3) is 0 Å². The molecule has 8 heteroatoms. The smallest absolute Gasteiger partial charge is 0.261 e. The van der Waals surface area contributed by atoms with E-state index in [2.05, 4.69) is 10.0 Å². The zero-order valence-electron chi connectivity index (χ0n) is 15.7. The quantitative estimate of drug-likeness (QED) is 0.664. The summed E-state index contributed by atoms with van der Waals surface area (Å²) in [6.45, 7) is 2.50. The van der Waals surface area contributed by atoms with Crippen LogP contribution in [0.3, 0.4) is 0 Å². The van der Waals surface area contributed by atoms with Crippen LogP contribution < -0.4 is 15.8 Å². The summed E-state index contributed by atoms with van der Waals surface area (Å²) in [5.74, 6) is 0.114. The van der Waals surface area contributed by atoms with E-state index in [1.54, 1.807) is 12.1 Å². The SMILES string of the molecule is Cc1ccc(NS(=O)(=O)c2ccc(C(=O)NC3CCCC3CN)cc2)cc1.Cl. The van der Waals surface area contributed by atoms with E-state index >= 15 is 0 Å². The molecular formula is C20H26ClN3O3S. The maximum absolute atomic E-state index is 12.5. The molecule has 0 aliphatic heterocycles. The van der Waals surface area contributed by atoms with Crippen LogP contribution in [0.5, 0.6) is 0 Å². The number of nitrogens with one attached hydrogen (secondary N) is 2. The number of nitrogens with two attached hydrogens (primary N) is 1. The number of amides is 1. The normalized spacial score (nSPS) is 18.9. The Morgan fingerprint density at radius 3 is 2.32 bits per heavy atom. The van der Waals surface area contributed by atoms with Crippen LogP contribution in [0.1, 0.15) is 35.2 Å². The summed E-state index contributed by atoms with van der Waals surface area (Å²) in [6.07, 6.45) is 3.03. The van der Waals surface area contributed by atoms with Gasteiger partial charge in [0.25, 0.3) is 15.9 Å². The molecule has 28 heavy (non-hydrogen) atoms. The van der Waals surface area contributed by atoms with E-state index in [0.717, 1.165) is 24.8 Å². The molecule has 2 aromatic rings. The molecule has 1 amide bonds. The Morgan fingerprint density at radius 1 is 1.07 bits per heavy atom. The molecule has 1 aliphatic rings. The van der Waals surface area contributed by atoms with Gasteiger partial charge in [-0.15, -0.1) is 12.4 Å². The van der Waals surface area contributed by atoms with Crippen molar-refractivity contribution < 1.29 is 13.2 Å². The molecule has 0 aromatic heterocycles. The summed E-state index contributed by atoms with van der Waals surface area (Å²) < 4.78 is 27.5. The van der Waals surface area contributed by atoms with E-state index in [1.165, 1.54) is 24.3 Å². The van der Waals surface area contributed by atoms with Crippen LogP contribution in [0.2, 0.25) is 0 Å². The van der Waals surface area contributed by atoms with Gasteiger partial charge in [-0.05, 0) is 68.6 Å². The molecule has 0 saturated heterocycles. The van der Waals surface area contributed by atoms with Crippen molar-refractivity contribution in [1.82, 2.24) is 5.32 Å². The molecule has 1 saturated carbocycles. The molecule has 3 rings (SSSR count). The Labute approximate surface area is 172 Å². The molecule has 2 aromatic carbocycles. The Balaban J connectivity index is 0.00000280. The van der Waals surface area contributed by atoms with Crippen LogP contribution in [-0.2, 0) is 10.0 Å². The highest BCUT2D eigenvalue weighted by molar-refractivity contribution is 7.92. The first kappa shape index (κ1) is 22.2. The van der Waals surface area contributed by atoms with Gasteiger partial charge in [0.15, 0.2) is 0 Å². The summed E-state index contributed by atoms with van der Waals surface area (Å²) in [6, 6.07) is 13.1. The number of sulfonamides is 1. The molecule has 2 unspecified atom stereocenters. The highest BCUT2D eigenvalue weighted by Gasteiger charge is 2.27. The van der Waals surface area contributed by atoms with E-state index in [0.29, 0.717) is 23.7 Å². The molecule has 0 spiro atoms. The van der Waals surface area contributed by atoms with Crippen LogP contribution in [0, 0.1) is 12.8 Å². The summed E-state index contributed by atoms with van der Waals surface area (Å²) in [7, 11) is -3.70. The average molecular weight is 424 g/mol. The maximum atomic E-state index is 12.5. The van der Waals surface area contributed by atoms with Gasteiger partial charge >= 0.3 is 0 Å². The fraction of sp³-hybridized carbons (Fsp3) is 0.350. The number of carbonyl (C=O) groups excluding carboxylic acids is 1. The summed E-state index contributed by atoms with van der Waals surface area (Å²) >= 11 is 0. The average Bonchev–Trinajstić information content (AvgIpc) is 3.10. The van der Waals surface area contributed by atoms with E-state index in [4.69, 9.17) is 5.73 Å². The van der Waals surface area contributed by atoms with Gasteiger partial charge in [0, 0.05) is 17.3 Å². The van der Waals surface area contributed by atoms with E-state index in [1.807, 2.05) is 19.1 Å². The minimum atomic E-state index is -3.70. The molecule has 0 radical (unpaired) electrons. The summed E-state index contributed by atoms with van der Waals surface area (Å²) in [5, 5.41) is 3.02. The van der Waals surface area contributed by atoms with Crippen molar-refractivity contribution in [1.29, 1.82) is 0 Å². The Morgan fingerprint density at radius 2 is 1.71 bits per heavy atom. The molecule has 4 N–H and O–H groups in total. The first-order chi connectivity index (χ1) is 12.9. The number of hydrogen-bond donors (Lipinski definition) is 3. The van der Waals surface area contributed by atoms with Gasteiger partial charge in [-0.2, -0.15) is 0 Å². The molecular weight excluding hydrogens is 398 g/mol. The lowest BCUT2D eigenvalue weighted by molar-refractivity contribution is 0.0928. The number of anilines is 1. The second-order valence-corrected chi connectivity index (χ2v) is 8.68. The van der Waals surface area contributed by atoms with Gasteiger partial charge < -0.3 is 11.1 Å². The van der Waals surface area contributed by atoms with Gasteiger partial charge in [-0.3, -0.25) is 9.52 Å². The largest absolute Gasteiger partial charge is 0.349 e. The second-order valence-electron chi connectivity index (χ2n) is 7.00. The lowest BCUT2D eigenvalue weighted by atomic mass is 10.0. The van der Waals surface area contributed by atoms with Crippen LogP contribution in [0.4, 0.5) is 5.69 Å². The zero-order chi connectivity index (χ0) is 19.4. The second kappa shape index (κ2) is 9.41. The molecule has 0 heterocycles. The molecule has 2 atom stereocenters. The number of aryl methyl sites for hydroxylation is 1. The van der Waals surface area contributed by atoms with Gasteiger partial charge in [0.1, 0.15) is 0 Å². The predicted molar refractivity (Wildman–Crippen MR) is 113 cm³/mol. The fourth-order valence-electron chi connectivity index (χ4n) is 3.38. The minimum Gasteiger partial charge on any atom is -0.349 e. The molecule has 6 nitrogen and oxygen atoms in total. The van der Waals surface area contributed by atoms with Crippen molar-refractivity contribution in [3.8, 4) is 0 Å². The fourth-order valence-corrected chi connectivity index (χ4v) is 4.44. The number of hydrogen-bond acceptors (Lipinski definition) is 4. The number of carbonyl (C=O) groups is 1. The summed E-state index contributed by atoms with van der Waals surface area (Å²) in [5.41, 5.74) is 7.74. The molecule has 1 fully saturated rings. The summed E-state index contributed by atoms with van der Waals surface area (Å²) in [4.78, 5) is 12.5.